The Morgan fingerprint density at radius 2 is 1.82 bits per heavy atom. The van der Waals surface area contributed by atoms with E-state index in [1.54, 1.807) is 18.2 Å². The first-order valence-electron chi connectivity index (χ1n) is 4.61. The molecule has 0 atom stereocenters. The van der Waals surface area contributed by atoms with Crippen LogP contribution in [0.5, 0.6) is 0 Å². The fourth-order valence-electron chi connectivity index (χ4n) is 1.37. The van der Waals surface area contributed by atoms with Gasteiger partial charge in [-0.15, -0.1) is 0 Å². The molecule has 0 radical (unpaired) electrons. The van der Waals surface area contributed by atoms with E-state index >= 15 is 0 Å². The molecule has 0 unspecified atom stereocenters. The molecule has 1 heterocycles. The van der Waals surface area contributed by atoms with Crippen molar-refractivity contribution < 1.29 is 22.4 Å². The lowest BCUT2D eigenvalue weighted by Gasteiger charge is -2.04. The van der Waals surface area contributed by atoms with Gasteiger partial charge >= 0.3 is 6.18 Å². The third kappa shape index (κ3) is 2.20. The second kappa shape index (κ2) is 4.04. The first kappa shape index (κ1) is 11.4. The van der Waals surface area contributed by atoms with Crippen LogP contribution in [0.3, 0.4) is 0 Å². The molecule has 2 aromatic rings. The fourth-order valence-corrected chi connectivity index (χ4v) is 1.37. The molecular formula is C11H6F3NO2. The molecule has 0 aliphatic carbocycles. The van der Waals surface area contributed by atoms with E-state index in [0.717, 1.165) is 0 Å². The summed E-state index contributed by atoms with van der Waals surface area (Å²) in [6, 6.07) is 7.73. The molecule has 0 fully saturated rings. The van der Waals surface area contributed by atoms with Crippen molar-refractivity contribution >= 4 is 6.29 Å². The summed E-state index contributed by atoms with van der Waals surface area (Å²) in [5, 5.41) is 0. The van der Waals surface area contributed by atoms with Gasteiger partial charge in [0.05, 0.1) is 0 Å². The largest absolute Gasteiger partial charge is 0.451 e. The second-order valence-corrected chi connectivity index (χ2v) is 3.21. The van der Waals surface area contributed by atoms with Crippen LogP contribution >= 0.6 is 0 Å². The zero-order valence-electron chi connectivity index (χ0n) is 8.36. The van der Waals surface area contributed by atoms with Gasteiger partial charge in [0.2, 0.25) is 12.0 Å². The number of alkyl halides is 3. The van der Waals surface area contributed by atoms with Crippen molar-refractivity contribution in [2.24, 2.45) is 0 Å². The fraction of sp³-hybridized carbons (Fsp3) is 0.0909. The van der Waals surface area contributed by atoms with Gasteiger partial charge in [-0.1, -0.05) is 30.3 Å². The molecule has 0 saturated carbocycles. The molecule has 1 aromatic heterocycles. The molecule has 0 N–H and O–H groups in total. The van der Waals surface area contributed by atoms with Crippen LogP contribution in [0.4, 0.5) is 13.2 Å². The first-order valence-corrected chi connectivity index (χ1v) is 4.61. The highest BCUT2D eigenvalue weighted by atomic mass is 19.4. The lowest BCUT2D eigenvalue weighted by molar-refractivity contribution is -0.152. The maximum absolute atomic E-state index is 12.6. The first-order chi connectivity index (χ1) is 8.02. The summed E-state index contributed by atoms with van der Waals surface area (Å²) in [5.41, 5.74) is -0.128. The molecule has 88 valence electrons. The molecule has 0 spiro atoms. The summed E-state index contributed by atoms with van der Waals surface area (Å²) in [4.78, 5) is 13.9. The molecule has 0 aliphatic heterocycles. The van der Waals surface area contributed by atoms with Gasteiger partial charge < -0.3 is 4.42 Å². The van der Waals surface area contributed by atoms with Crippen molar-refractivity contribution in [2.45, 2.75) is 6.18 Å². The minimum atomic E-state index is -4.68. The molecule has 1 aromatic carbocycles. The van der Waals surface area contributed by atoms with Gasteiger partial charge in [0, 0.05) is 5.56 Å². The van der Waals surface area contributed by atoms with Crippen LogP contribution < -0.4 is 0 Å². The summed E-state index contributed by atoms with van der Waals surface area (Å²) in [5.74, 6) is -1.85. The summed E-state index contributed by atoms with van der Waals surface area (Å²) in [6.07, 6.45) is -4.54. The van der Waals surface area contributed by atoms with Crippen molar-refractivity contribution in [2.75, 3.05) is 0 Å². The number of aldehydes is 1. The Balaban J connectivity index is 2.61. The minimum Gasteiger partial charge on any atom is -0.429 e. The van der Waals surface area contributed by atoms with Crippen molar-refractivity contribution in [1.82, 2.24) is 4.98 Å². The number of halogens is 3. The van der Waals surface area contributed by atoms with E-state index in [1.165, 1.54) is 12.1 Å². The number of nitrogens with zero attached hydrogens (tertiary/aromatic N) is 1. The molecule has 6 heteroatoms. The normalized spacial score (nSPS) is 11.5. The third-order valence-corrected chi connectivity index (χ3v) is 2.05. The Bertz CT molecular complexity index is 531. The molecule has 0 amide bonds. The van der Waals surface area contributed by atoms with E-state index in [0.29, 0.717) is 0 Å². The second-order valence-electron chi connectivity index (χ2n) is 3.21. The number of benzene rings is 1. The van der Waals surface area contributed by atoms with Gasteiger partial charge in [0.15, 0.2) is 0 Å². The number of rotatable bonds is 2. The summed E-state index contributed by atoms with van der Waals surface area (Å²) < 4.78 is 42.3. The summed E-state index contributed by atoms with van der Waals surface area (Å²) in [7, 11) is 0. The predicted molar refractivity (Wildman–Crippen MR) is 52.3 cm³/mol. The van der Waals surface area contributed by atoms with E-state index in [1.807, 2.05) is 0 Å². The zero-order chi connectivity index (χ0) is 12.5. The smallest absolute Gasteiger partial charge is 0.429 e. The monoisotopic (exact) mass is 241 g/mol. The van der Waals surface area contributed by atoms with Crippen LogP contribution in [-0.4, -0.2) is 11.3 Å². The van der Waals surface area contributed by atoms with Gasteiger partial charge in [-0.3, -0.25) is 4.79 Å². The molecule has 0 saturated heterocycles. The van der Waals surface area contributed by atoms with E-state index in [9.17, 15) is 18.0 Å². The zero-order valence-corrected chi connectivity index (χ0v) is 8.36. The highest BCUT2D eigenvalue weighted by molar-refractivity contribution is 5.71. The standard InChI is InChI=1S/C11H6F3NO2/c12-11(13,14)10-9(15-8(6-16)17-10)7-4-2-1-3-5-7/h1-6H. The molecule has 17 heavy (non-hydrogen) atoms. The van der Waals surface area contributed by atoms with E-state index in [2.05, 4.69) is 9.40 Å². The number of carbonyl (C=O) groups is 1. The highest BCUT2D eigenvalue weighted by Gasteiger charge is 2.39. The number of oxazole rings is 1. The van der Waals surface area contributed by atoms with Crippen LogP contribution in [0, 0.1) is 0 Å². The van der Waals surface area contributed by atoms with Crippen molar-refractivity contribution in [3.63, 3.8) is 0 Å². The van der Waals surface area contributed by atoms with E-state index in [-0.39, 0.29) is 17.5 Å². The topological polar surface area (TPSA) is 43.1 Å². The Morgan fingerprint density at radius 1 is 1.18 bits per heavy atom. The predicted octanol–water partition coefficient (Wildman–Crippen LogP) is 3.17. The molecule has 0 bridgehead atoms. The van der Waals surface area contributed by atoms with Crippen molar-refractivity contribution in [3.05, 3.63) is 42.0 Å². The average Bonchev–Trinajstić information content (AvgIpc) is 2.74. The van der Waals surface area contributed by atoms with Gasteiger partial charge in [0.25, 0.3) is 5.89 Å². The summed E-state index contributed by atoms with van der Waals surface area (Å²) >= 11 is 0. The van der Waals surface area contributed by atoms with Gasteiger partial charge in [-0.05, 0) is 0 Å². The molecular weight excluding hydrogens is 235 g/mol. The highest BCUT2D eigenvalue weighted by Crippen LogP contribution is 2.37. The maximum atomic E-state index is 12.6. The summed E-state index contributed by atoms with van der Waals surface area (Å²) in [6.45, 7) is 0. The van der Waals surface area contributed by atoms with Gasteiger partial charge in [0.1, 0.15) is 5.69 Å². The Morgan fingerprint density at radius 3 is 2.35 bits per heavy atom. The maximum Gasteiger partial charge on any atom is 0.451 e. The van der Waals surface area contributed by atoms with Crippen molar-refractivity contribution in [1.29, 1.82) is 0 Å². The van der Waals surface area contributed by atoms with E-state index in [4.69, 9.17) is 0 Å². The van der Waals surface area contributed by atoms with Crippen LogP contribution in [0.2, 0.25) is 0 Å². The molecule has 2 rings (SSSR count). The van der Waals surface area contributed by atoms with E-state index < -0.39 is 17.8 Å². The van der Waals surface area contributed by atoms with Crippen LogP contribution in [0.1, 0.15) is 16.4 Å². The number of hydrogen-bond acceptors (Lipinski definition) is 3. The minimum absolute atomic E-state index is 0.141. The number of aromatic nitrogens is 1. The quantitative estimate of drug-likeness (QED) is 0.758. The lowest BCUT2D eigenvalue weighted by atomic mass is 10.1. The van der Waals surface area contributed by atoms with Gasteiger partial charge in [-0.25, -0.2) is 4.98 Å². The number of hydrogen-bond donors (Lipinski definition) is 0. The number of carbonyl (C=O) groups excluding carboxylic acids is 1. The molecule has 0 aliphatic rings. The van der Waals surface area contributed by atoms with Crippen LogP contribution in [-0.2, 0) is 6.18 Å². The van der Waals surface area contributed by atoms with Crippen LogP contribution in [0.15, 0.2) is 34.7 Å². The molecule has 3 nitrogen and oxygen atoms in total. The Kier molecular flexibility index (Phi) is 2.71. The van der Waals surface area contributed by atoms with Crippen LogP contribution in [0.25, 0.3) is 11.3 Å². The van der Waals surface area contributed by atoms with Crippen molar-refractivity contribution in [3.8, 4) is 11.3 Å². The lowest BCUT2D eigenvalue weighted by Crippen LogP contribution is -2.05. The third-order valence-electron chi connectivity index (χ3n) is 2.05. The van der Waals surface area contributed by atoms with Gasteiger partial charge in [-0.2, -0.15) is 13.2 Å². The SMILES string of the molecule is O=Cc1nc(-c2ccccc2)c(C(F)(F)F)o1. The average molecular weight is 241 g/mol. The Labute approximate surface area is 93.9 Å². The Hall–Kier alpha value is -2.11.